The maximum atomic E-state index is 13.1. The zero-order valence-corrected chi connectivity index (χ0v) is 17.2. The average molecular weight is 431 g/mol. The predicted molar refractivity (Wildman–Crippen MR) is 108 cm³/mol. The van der Waals surface area contributed by atoms with Gasteiger partial charge in [-0.15, -0.1) is 0 Å². The van der Waals surface area contributed by atoms with E-state index in [4.69, 9.17) is 4.42 Å². The average Bonchev–Trinajstić information content (AvgIpc) is 3.24. The Labute approximate surface area is 173 Å². The highest BCUT2D eigenvalue weighted by molar-refractivity contribution is 8.08. The van der Waals surface area contributed by atoms with Crippen LogP contribution in [0.4, 0.5) is 5.69 Å². The number of nitrogens with zero attached hydrogens (tertiary/aromatic N) is 3. The van der Waals surface area contributed by atoms with Crippen LogP contribution in [0.2, 0.25) is 0 Å². The molecule has 1 aromatic carbocycles. The second kappa shape index (κ2) is 7.94. The number of hydrogen-bond acceptors (Lipinski definition) is 8. The molecule has 2 aliphatic rings. The van der Waals surface area contributed by atoms with Crippen molar-refractivity contribution < 1.29 is 27.2 Å². The maximum Gasteiger partial charge on any atom is 0.373 e. The van der Waals surface area contributed by atoms with Crippen LogP contribution in [0.1, 0.15) is 35.6 Å². The number of anilines is 1. The first-order valence-corrected chi connectivity index (χ1v) is 11.1. The normalized spacial score (nSPS) is 17.8. The van der Waals surface area contributed by atoms with Crippen molar-refractivity contribution in [3.8, 4) is 0 Å². The maximum absolute atomic E-state index is 13.1. The van der Waals surface area contributed by atoms with Crippen molar-refractivity contribution >= 4 is 32.4 Å². The number of para-hydroxylation sites is 1. The van der Waals surface area contributed by atoms with Crippen molar-refractivity contribution in [1.82, 2.24) is 4.90 Å². The van der Waals surface area contributed by atoms with E-state index < -0.39 is 26.8 Å². The molecule has 158 valence electrons. The van der Waals surface area contributed by atoms with Gasteiger partial charge in [0.25, 0.3) is 5.91 Å². The molecular weight excluding hydrogens is 410 g/mol. The van der Waals surface area contributed by atoms with Crippen molar-refractivity contribution in [2.75, 3.05) is 25.2 Å². The number of likely N-dealkylation sites (tertiary alicyclic amines) is 1. The van der Waals surface area contributed by atoms with Crippen LogP contribution >= 0.6 is 0 Å². The van der Waals surface area contributed by atoms with Gasteiger partial charge in [0, 0.05) is 13.1 Å². The van der Waals surface area contributed by atoms with E-state index in [2.05, 4.69) is 9.84 Å². The number of ether oxygens (including phenoxy) is 1. The molecule has 1 amide bonds. The van der Waals surface area contributed by atoms with Crippen molar-refractivity contribution in [2.45, 2.75) is 30.7 Å². The molecule has 3 heterocycles. The molecule has 0 bridgehead atoms. The van der Waals surface area contributed by atoms with Gasteiger partial charge in [0.1, 0.15) is 5.76 Å². The van der Waals surface area contributed by atoms with E-state index in [1.54, 1.807) is 24.3 Å². The fraction of sp³-hybridized carbons (Fsp3) is 0.350. The summed E-state index contributed by atoms with van der Waals surface area (Å²) in [6, 6.07) is 9.42. The Morgan fingerprint density at radius 3 is 2.57 bits per heavy atom. The molecule has 2 aromatic rings. The lowest BCUT2D eigenvalue weighted by Crippen LogP contribution is -2.45. The molecule has 0 radical (unpaired) electrons. The predicted octanol–water partition coefficient (Wildman–Crippen LogP) is 2.19. The Hall–Kier alpha value is -3.14. The van der Waals surface area contributed by atoms with Gasteiger partial charge in [0.05, 0.1) is 24.2 Å². The van der Waals surface area contributed by atoms with Crippen molar-refractivity contribution in [1.29, 1.82) is 0 Å². The minimum Gasteiger partial charge on any atom is -0.463 e. The number of benzene rings is 1. The highest BCUT2D eigenvalue weighted by atomic mass is 32.2. The van der Waals surface area contributed by atoms with Gasteiger partial charge in [-0.3, -0.25) is 9.80 Å². The van der Waals surface area contributed by atoms with Gasteiger partial charge in [-0.25, -0.2) is 13.2 Å². The quantitative estimate of drug-likeness (QED) is 0.683. The summed E-state index contributed by atoms with van der Waals surface area (Å²) < 4.78 is 36.4. The number of hydrazone groups is 1. The van der Waals surface area contributed by atoms with Gasteiger partial charge in [-0.2, -0.15) is 5.10 Å². The molecule has 0 atom stereocenters. The standard InChI is InChI=1S/C20H21N3O6S/c1-28-20(25)16-10-9-14(29-16)13-23-15-7-3-4-8-17(15)30(26,27)18(21-23)19(24)22-11-5-2-6-12-22/h3-4,7-10H,2,5-6,11-13H2,1H3. The molecule has 0 spiro atoms. The number of carbonyl (C=O) groups excluding carboxylic acids is 2. The summed E-state index contributed by atoms with van der Waals surface area (Å²) >= 11 is 0. The summed E-state index contributed by atoms with van der Waals surface area (Å²) in [5.41, 5.74) is 0.337. The fourth-order valence-corrected chi connectivity index (χ4v) is 5.03. The third-order valence-electron chi connectivity index (χ3n) is 5.08. The summed E-state index contributed by atoms with van der Waals surface area (Å²) in [6.07, 6.45) is 2.68. The molecule has 0 unspecified atom stereocenters. The van der Waals surface area contributed by atoms with Crippen LogP contribution in [0.5, 0.6) is 0 Å². The molecule has 0 N–H and O–H groups in total. The lowest BCUT2D eigenvalue weighted by atomic mass is 10.1. The molecule has 9 nitrogen and oxygen atoms in total. The zero-order chi connectivity index (χ0) is 21.3. The zero-order valence-electron chi connectivity index (χ0n) is 16.4. The molecule has 30 heavy (non-hydrogen) atoms. The molecule has 2 aliphatic heterocycles. The minimum atomic E-state index is -4.06. The Balaban J connectivity index is 1.71. The van der Waals surface area contributed by atoms with Crippen molar-refractivity contribution in [3.05, 3.63) is 47.9 Å². The first-order valence-electron chi connectivity index (χ1n) is 9.58. The van der Waals surface area contributed by atoms with Gasteiger partial charge in [-0.1, -0.05) is 12.1 Å². The van der Waals surface area contributed by atoms with Gasteiger partial charge < -0.3 is 14.1 Å². The van der Waals surface area contributed by atoms with E-state index in [0.717, 1.165) is 19.3 Å². The second-order valence-electron chi connectivity index (χ2n) is 7.04. The molecule has 1 aromatic heterocycles. The minimum absolute atomic E-state index is 0.0140. The lowest BCUT2D eigenvalue weighted by Gasteiger charge is -2.30. The van der Waals surface area contributed by atoms with Crippen LogP contribution in [0.3, 0.4) is 0 Å². The Kier molecular flexibility index (Phi) is 5.33. The fourth-order valence-electron chi connectivity index (χ4n) is 3.55. The molecule has 0 saturated carbocycles. The van der Waals surface area contributed by atoms with Crippen LogP contribution in [0, 0.1) is 0 Å². The van der Waals surface area contributed by atoms with Gasteiger partial charge in [0.2, 0.25) is 20.6 Å². The number of furan rings is 1. The first kappa shape index (κ1) is 20.1. The molecule has 1 fully saturated rings. The smallest absolute Gasteiger partial charge is 0.373 e. The van der Waals surface area contributed by atoms with Crippen LogP contribution in [-0.2, 0) is 25.9 Å². The monoisotopic (exact) mass is 431 g/mol. The molecule has 0 aliphatic carbocycles. The van der Waals surface area contributed by atoms with Gasteiger partial charge in [-0.05, 0) is 43.5 Å². The number of fused-ring (bicyclic) bond motifs is 1. The summed E-state index contributed by atoms with van der Waals surface area (Å²) in [7, 11) is -2.81. The summed E-state index contributed by atoms with van der Waals surface area (Å²) in [5.74, 6) is -0.812. The van der Waals surface area contributed by atoms with Gasteiger partial charge >= 0.3 is 5.97 Å². The molecular formula is C20H21N3O6S. The highest BCUT2D eigenvalue weighted by Crippen LogP contribution is 2.33. The van der Waals surface area contributed by atoms with E-state index in [1.807, 2.05) is 0 Å². The Morgan fingerprint density at radius 2 is 1.83 bits per heavy atom. The van der Waals surface area contributed by atoms with E-state index >= 15 is 0 Å². The SMILES string of the molecule is COC(=O)c1ccc(CN2N=C(C(=O)N3CCCCC3)S(=O)(=O)c3ccccc32)o1. The third kappa shape index (κ3) is 3.58. The Bertz CT molecular complexity index is 1120. The number of esters is 1. The van der Waals surface area contributed by atoms with Crippen molar-refractivity contribution in [2.24, 2.45) is 5.10 Å². The molecule has 10 heteroatoms. The number of rotatable bonds is 4. The largest absolute Gasteiger partial charge is 0.463 e. The third-order valence-corrected chi connectivity index (χ3v) is 6.77. The van der Waals surface area contributed by atoms with E-state index in [9.17, 15) is 18.0 Å². The number of carbonyl (C=O) groups is 2. The number of methoxy groups -OCH3 is 1. The summed E-state index contributed by atoms with van der Waals surface area (Å²) in [4.78, 5) is 26.2. The number of amides is 1. The van der Waals surface area contributed by atoms with Crippen LogP contribution in [-0.4, -0.2) is 50.4 Å². The van der Waals surface area contributed by atoms with E-state index in [1.165, 1.54) is 29.2 Å². The van der Waals surface area contributed by atoms with E-state index in [0.29, 0.717) is 24.5 Å². The Morgan fingerprint density at radius 1 is 1.10 bits per heavy atom. The van der Waals surface area contributed by atoms with E-state index in [-0.39, 0.29) is 17.2 Å². The number of sulfone groups is 1. The lowest BCUT2D eigenvalue weighted by molar-refractivity contribution is -0.124. The topological polar surface area (TPSA) is 109 Å². The second-order valence-corrected chi connectivity index (χ2v) is 8.88. The van der Waals surface area contributed by atoms with Crippen LogP contribution in [0.15, 0.2) is 50.8 Å². The van der Waals surface area contributed by atoms with Crippen molar-refractivity contribution in [3.63, 3.8) is 0 Å². The first-order chi connectivity index (χ1) is 14.4. The van der Waals surface area contributed by atoms with Crippen LogP contribution < -0.4 is 5.01 Å². The summed E-state index contributed by atoms with van der Waals surface area (Å²) in [6.45, 7) is 1.06. The molecule has 1 saturated heterocycles. The van der Waals surface area contributed by atoms with Crippen LogP contribution in [0.25, 0.3) is 0 Å². The van der Waals surface area contributed by atoms with Gasteiger partial charge in [0.15, 0.2) is 0 Å². The number of piperidine rings is 1. The number of hydrogen-bond donors (Lipinski definition) is 0. The summed E-state index contributed by atoms with van der Waals surface area (Å²) in [5, 5.41) is 5.13. The molecule has 4 rings (SSSR count). The highest BCUT2D eigenvalue weighted by Gasteiger charge is 2.39.